The molecule has 0 saturated carbocycles. The molecule has 0 spiro atoms. The number of hydrogen-bond acceptors (Lipinski definition) is 3. The van der Waals surface area contributed by atoms with Crippen LogP contribution in [0.3, 0.4) is 0 Å². The maximum atomic E-state index is 8.95. The van der Waals surface area contributed by atoms with E-state index in [4.69, 9.17) is 5.26 Å². The van der Waals surface area contributed by atoms with Crippen LogP contribution < -0.4 is 10.2 Å². The lowest BCUT2D eigenvalue weighted by Crippen LogP contribution is -2.45. The predicted octanol–water partition coefficient (Wildman–Crippen LogP) is 2.90. The van der Waals surface area contributed by atoms with Crippen molar-refractivity contribution in [2.75, 3.05) is 25.0 Å². The summed E-state index contributed by atoms with van der Waals surface area (Å²) in [6, 6.07) is 8.75. The van der Waals surface area contributed by atoms with Gasteiger partial charge in [-0.25, -0.2) is 0 Å². The maximum absolute atomic E-state index is 8.95. The highest BCUT2D eigenvalue weighted by molar-refractivity contribution is 9.10. The molecule has 4 heteroatoms. The molecule has 1 heterocycles. The molecule has 0 aromatic heterocycles. The number of nitrogens with zero attached hydrogens (tertiary/aromatic N) is 2. The van der Waals surface area contributed by atoms with Gasteiger partial charge in [-0.3, -0.25) is 0 Å². The Balaban J connectivity index is 2.23. The minimum absolute atomic E-state index is 0.559. The fourth-order valence-corrected chi connectivity index (χ4v) is 3.02. The summed E-state index contributed by atoms with van der Waals surface area (Å²) in [7, 11) is 2.00. The van der Waals surface area contributed by atoms with E-state index in [9.17, 15) is 0 Å². The summed E-state index contributed by atoms with van der Waals surface area (Å²) >= 11 is 3.47. The van der Waals surface area contributed by atoms with Crippen LogP contribution >= 0.6 is 15.9 Å². The van der Waals surface area contributed by atoms with Crippen molar-refractivity contribution in [1.29, 1.82) is 5.26 Å². The number of nitrogens with one attached hydrogen (secondary N) is 1. The van der Waals surface area contributed by atoms with Gasteiger partial charge in [0.2, 0.25) is 0 Å². The zero-order valence-electron chi connectivity index (χ0n) is 10.6. The average Bonchev–Trinajstić information content (AvgIpc) is 2.40. The highest BCUT2D eigenvalue weighted by Gasteiger charge is 2.22. The third-order valence-electron chi connectivity index (χ3n) is 3.47. The van der Waals surface area contributed by atoms with Gasteiger partial charge >= 0.3 is 0 Å². The summed E-state index contributed by atoms with van der Waals surface area (Å²) in [4.78, 5) is 2.45. The fraction of sp³-hybridized carbons (Fsp3) is 0.500. The number of likely N-dealkylation sites (N-methyl/N-ethyl adjacent to an activating group) is 1. The third-order valence-corrected chi connectivity index (χ3v) is 4.13. The van der Waals surface area contributed by atoms with Crippen molar-refractivity contribution in [2.45, 2.75) is 25.3 Å². The predicted molar refractivity (Wildman–Crippen MR) is 77.8 cm³/mol. The zero-order valence-corrected chi connectivity index (χ0v) is 12.2. The molecule has 3 nitrogen and oxygen atoms in total. The monoisotopic (exact) mass is 307 g/mol. The summed E-state index contributed by atoms with van der Waals surface area (Å²) in [5.74, 6) is 0. The van der Waals surface area contributed by atoms with Crippen LogP contribution in [0.5, 0.6) is 0 Å². The van der Waals surface area contributed by atoms with Crippen LogP contribution in [-0.4, -0.2) is 26.2 Å². The number of halogens is 1. The molecule has 1 aromatic rings. The molecule has 1 unspecified atom stereocenters. The van der Waals surface area contributed by atoms with Gasteiger partial charge in [-0.1, -0.05) is 0 Å². The summed E-state index contributed by atoms with van der Waals surface area (Å²) in [5.41, 5.74) is 1.90. The number of hydrogen-bond donors (Lipinski definition) is 1. The van der Waals surface area contributed by atoms with E-state index < -0.39 is 0 Å². The van der Waals surface area contributed by atoms with E-state index >= 15 is 0 Å². The van der Waals surface area contributed by atoms with E-state index in [1.165, 1.54) is 24.9 Å². The highest BCUT2D eigenvalue weighted by atomic mass is 79.9. The number of benzene rings is 1. The second-order valence-electron chi connectivity index (χ2n) is 4.68. The van der Waals surface area contributed by atoms with Crippen molar-refractivity contribution < 1.29 is 0 Å². The topological polar surface area (TPSA) is 39.1 Å². The van der Waals surface area contributed by atoms with Crippen LogP contribution in [0.1, 0.15) is 24.8 Å². The van der Waals surface area contributed by atoms with E-state index in [2.05, 4.69) is 44.3 Å². The maximum Gasteiger partial charge on any atom is 0.100 e. The summed E-state index contributed by atoms with van der Waals surface area (Å²) < 4.78 is 0.885. The molecule has 1 N–H and O–H groups in total. The minimum Gasteiger partial charge on any atom is -0.367 e. The van der Waals surface area contributed by atoms with E-state index in [1.807, 2.05) is 13.1 Å². The molecular formula is C14H18BrN3. The van der Waals surface area contributed by atoms with Crippen LogP contribution in [-0.2, 0) is 0 Å². The van der Waals surface area contributed by atoms with E-state index in [1.54, 1.807) is 0 Å². The lowest BCUT2D eigenvalue weighted by Gasteiger charge is -2.37. The minimum atomic E-state index is 0.559. The second kappa shape index (κ2) is 6.21. The van der Waals surface area contributed by atoms with Gasteiger partial charge in [-0.15, -0.1) is 0 Å². The lowest BCUT2D eigenvalue weighted by atomic mass is 10.0. The van der Waals surface area contributed by atoms with Gasteiger partial charge in [-0.05, 0) is 60.4 Å². The average molecular weight is 308 g/mol. The molecule has 1 aromatic carbocycles. The van der Waals surface area contributed by atoms with Gasteiger partial charge in [0.05, 0.1) is 5.56 Å². The van der Waals surface area contributed by atoms with Crippen molar-refractivity contribution >= 4 is 21.6 Å². The van der Waals surface area contributed by atoms with E-state index in [0.29, 0.717) is 11.6 Å². The van der Waals surface area contributed by atoms with Crippen molar-refractivity contribution in [3.63, 3.8) is 0 Å². The molecule has 0 bridgehead atoms. The van der Waals surface area contributed by atoms with Crippen LogP contribution in [0.4, 0.5) is 5.69 Å². The van der Waals surface area contributed by atoms with E-state index in [0.717, 1.165) is 17.6 Å². The Kier molecular flexibility index (Phi) is 4.62. The molecule has 18 heavy (non-hydrogen) atoms. The van der Waals surface area contributed by atoms with E-state index in [-0.39, 0.29) is 0 Å². The molecule has 1 fully saturated rings. The molecule has 1 atom stereocenters. The first-order valence-electron chi connectivity index (χ1n) is 6.37. The summed E-state index contributed by atoms with van der Waals surface area (Å²) in [6.45, 7) is 2.11. The molecule has 96 valence electrons. The molecule has 2 rings (SSSR count). The largest absolute Gasteiger partial charge is 0.367 e. The normalized spacial score (nSPS) is 19.6. The number of nitriles is 1. The van der Waals surface area contributed by atoms with Gasteiger partial charge < -0.3 is 10.2 Å². The van der Waals surface area contributed by atoms with Crippen molar-refractivity contribution in [3.05, 3.63) is 28.2 Å². The van der Waals surface area contributed by atoms with Crippen LogP contribution in [0.2, 0.25) is 0 Å². The Morgan fingerprint density at radius 3 is 3.00 bits per heavy atom. The molecular weight excluding hydrogens is 290 g/mol. The Morgan fingerprint density at radius 2 is 2.33 bits per heavy atom. The molecule has 1 aliphatic rings. The van der Waals surface area contributed by atoms with Crippen LogP contribution in [0, 0.1) is 11.3 Å². The highest BCUT2D eigenvalue weighted by Crippen LogP contribution is 2.28. The molecule has 1 aliphatic heterocycles. The third kappa shape index (κ3) is 2.85. The van der Waals surface area contributed by atoms with Gasteiger partial charge in [0.25, 0.3) is 0 Å². The second-order valence-corrected chi connectivity index (χ2v) is 5.53. The number of anilines is 1. The SMILES string of the molecule is CNCC1CCCCN1c1ccc(C#N)c(Br)c1. The Hall–Kier alpha value is -1.05. The van der Waals surface area contributed by atoms with Gasteiger partial charge in [-0.2, -0.15) is 5.26 Å². The van der Waals surface area contributed by atoms with Crippen LogP contribution in [0.25, 0.3) is 0 Å². The molecule has 0 amide bonds. The molecule has 1 saturated heterocycles. The van der Waals surface area contributed by atoms with Gasteiger partial charge in [0, 0.05) is 29.3 Å². The summed E-state index contributed by atoms with van der Waals surface area (Å²) in [6.07, 6.45) is 3.79. The first-order valence-corrected chi connectivity index (χ1v) is 7.16. The van der Waals surface area contributed by atoms with Gasteiger partial charge in [0.1, 0.15) is 6.07 Å². The standard InChI is InChI=1S/C14H18BrN3/c1-17-10-13-4-2-3-7-18(13)12-6-5-11(9-16)14(15)8-12/h5-6,8,13,17H,2-4,7,10H2,1H3. The zero-order chi connectivity index (χ0) is 13.0. The van der Waals surface area contributed by atoms with Crippen molar-refractivity contribution in [2.24, 2.45) is 0 Å². The first kappa shape index (κ1) is 13.4. The Morgan fingerprint density at radius 1 is 1.50 bits per heavy atom. The van der Waals surface area contributed by atoms with Crippen molar-refractivity contribution in [3.8, 4) is 6.07 Å². The molecule has 0 radical (unpaired) electrons. The van der Waals surface area contributed by atoms with Crippen molar-refractivity contribution in [1.82, 2.24) is 5.32 Å². The smallest absolute Gasteiger partial charge is 0.100 e. The fourth-order valence-electron chi connectivity index (χ4n) is 2.56. The van der Waals surface area contributed by atoms with Crippen LogP contribution in [0.15, 0.2) is 22.7 Å². The Bertz CT molecular complexity index is 451. The first-order chi connectivity index (χ1) is 8.76. The Labute approximate surface area is 117 Å². The van der Waals surface area contributed by atoms with Gasteiger partial charge in [0.15, 0.2) is 0 Å². The lowest BCUT2D eigenvalue weighted by molar-refractivity contribution is 0.446. The number of piperidine rings is 1. The summed E-state index contributed by atoms with van der Waals surface area (Å²) in [5, 5.41) is 12.2. The number of rotatable bonds is 3. The molecule has 0 aliphatic carbocycles. The quantitative estimate of drug-likeness (QED) is 0.933.